The van der Waals surface area contributed by atoms with Crippen LogP contribution < -0.4 is 10.2 Å². The highest BCUT2D eigenvalue weighted by Crippen LogP contribution is 2.16. The number of aromatic nitrogens is 3. The van der Waals surface area contributed by atoms with Crippen molar-refractivity contribution in [2.45, 2.75) is 0 Å². The Balaban J connectivity index is 1.66. The molecule has 2 aromatic carbocycles. The van der Waals surface area contributed by atoms with Gasteiger partial charge in [0, 0.05) is 10.7 Å². The first-order chi connectivity index (χ1) is 11.2. The number of carbonyl (C=O) groups excluding carboxylic acids is 1. The van der Waals surface area contributed by atoms with Crippen LogP contribution in [0.25, 0.3) is 11.0 Å². The van der Waals surface area contributed by atoms with Crippen molar-refractivity contribution in [1.29, 1.82) is 5.26 Å². The molecular weight excluding hydrogens is 318 g/mol. The minimum atomic E-state index is -0.384. The van der Waals surface area contributed by atoms with Crippen LogP contribution in [0.1, 0.15) is 5.56 Å². The van der Waals surface area contributed by atoms with E-state index in [-0.39, 0.29) is 12.5 Å². The van der Waals surface area contributed by atoms with Crippen LogP contribution in [0.4, 0.5) is 5.69 Å². The zero-order chi connectivity index (χ0) is 16.2. The number of nitriles is 1. The molecule has 1 N–H and O–H groups in total. The molecule has 0 saturated carbocycles. The molecule has 3 aromatic rings. The summed E-state index contributed by atoms with van der Waals surface area (Å²) >= 11 is 5.92. The fourth-order valence-electron chi connectivity index (χ4n) is 1.95. The van der Waals surface area contributed by atoms with E-state index in [9.17, 15) is 4.79 Å². The Labute approximate surface area is 136 Å². The fourth-order valence-corrected chi connectivity index (χ4v) is 2.12. The zero-order valence-electron chi connectivity index (χ0n) is 11.7. The van der Waals surface area contributed by atoms with Gasteiger partial charge in [0.25, 0.3) is 5.91 Å². The molecule has 23 heavy (non-hydrogen) atoms. The monoisotopic (exact) mass is 327 g/mol. The summed E-state index contributed by atoms with van der Waals surface area (Å²) < 4.78 is 0. The minimum absolute atomic E-state index is 0.262. The van der Waals surface area contributed by atoms with Gasteiger partial charge in [-0.2, -0.15) is 5.26 Å². The Morgan fingerprint density at radius 2 is 2.22 bits per heavy atom. The molecule has 8 heteroatoms. The summed E-state index contributed by atoms with van der Waals surface area (Å²) in [6, 6.07) is 13.6. The molecule has 0 aliphatic rings. The fraction of sp³-hybridized carbons (Fsp3) is 0.0667. The molecule has 1 heterocycles. The SMILES string of the molecule is N#Cc1cccc(NC(=O)COn2nnc3ccc(Cl)cc32)c1. The molecule has 7 nitrogen and oxygen atoms in total. The van der Waals surface area contributed by atoms with E-state index in [0.717, 1.165) is 4.85 Å². The van der Waals surface area contributed by atoms with Crippen LogP contribution in [0.2, 0.25) is 5.02 Å². The molecular formula is C15H10ClN5O2. The van der Waals surface area contributed by atoms with Crippen molar-refractivity contribution in [3.63, 3.8) is 0 Å². The van der Waals surface area contributed by atoms with Gasteiger partial charge < -0.3 is 10.2 Å². The molecule has 0 bridgehead atoms. The number of benzene rings is 2. The lowest BCUT2D eigenvalue weighted by atomic mass is 10.2. The van der Waals surface area contributed by atoms with E-state index < -0.39 is 0 Å². The average Bonchev–Trinajstić information content (AvgIpc) is 2.95. The van der Waals surface area contributed by atoms with Crippen LogP contribution >= 0.6 is 11.6 Å². The average molecular weight is 328 g/mol. The summed E-state index contributed by atoms with van der Waals surface area (Å²) in [5, 5.41) is 19.7. The van der Waals surface area contributed by atoms with Crippen LogP contribution in [-0.2, 0) is 4.79 Å². The highest BCUT2D eigenvalue weighted by atomic mass is 35.5. The van der Waals surface area contributed by atoms with Crippen molar-refractivity contribution < 1.29 is 9.63 Å². The van der Waals surface area contributed by atoms with E-state index in [1.165, 1.54) is 0 Å². The van der Waals surface area contributed by atoms with E-state index in [1.54, 1.807) is 42.5 Å². The highest BCUT2D eigenvalue weighted by molar-refractivity contribution is 6.31. The van der Waals surface area contributed by atoms with Gasteiger partial charge in [-0.3, -0.25) is 4.79 Å². The summed E-state index contributed by atoms with van der Waals surface area (Å²) in [5.74, 6) is -0.384. The molecule has 1 aromatic heterocycles. The van der Waals surface area contributed by atoms with E-state index in [0.29, 0.717) is 27.3 Å². The smallest absolute Gasteiger partial charge is 0.265 e. The summed E-state index contributed by atoms with van der Waals surface area (Å²) in [5.41, 5.74) is 2.15. The normalized spacial score (nSPS) is 10.3. The summed E-state index contributed by atoms with van der Waals surface area (Å²) in [6.07, 6.45) is 0. The molecule has 0 fully saturated rings. The second kappa shape index (κ2) is 6.34. The van der Waals surface area contributed by atoms with Crippen molar-refractivity contribution in [1.82, 2.24) is 15.2 Å². The van der Waals surface area contributed by atoms with Crippen LogP contribution in [-0.4, -0.2) is 27.7 Å². The van der Waals surface area contributed by atoms with Crippen molar-refractivity contribution >= 4 is 34.2 Å². The first-order valence-corrected chi connectivity index (χ1v) is 6.98. The van der Waals surface area contributed by atoms with Crippen molar-refractivity contribution in [2.24, 2.45) is 0 Å². The summed E-state index contributed by atoms with van der Waals surface area (Å²) in [7, 11) is 0. The molecule has 0 saturated heterocycles. The van der Waals surface area contributed by atoms with Crippen LogP contribution in [0, 0.1) is 11.3 Å². The van der Waals surface area contributed by atoms with Crippen molar-refractivity contribution in [3.05, 3.63) is 53.1 Å². The topological polar surface area (TPSA) is 92.8 Å². The largest absolute Gasteiger partial charge is 0.385 e. The molecule has 114 valence electrons. The number of nitrogens with zero attached hydrogens (tertiary/aromatic N) is 4. The number of carbonyl (C=O) groups is 1. The second-order valence-corrected chi connectivity index (χ2v) is 5.05. The van der Waals surface area contributed by atoms with Gasteiger partial charge in [-0.1, -0.05) is 22.5 Å². The van der Waals surface area contributed by atoms with Gasteiger partial charge in [0.15, 0.2) is 6.61 Å². The molecule has 0 aliphatic heterocycles. The molecule has 0 atom stereocenters. The number of halogens is 1. The Bertz CT molecular complexity index is 916. The van der Waals surface area contributed by atoms with Gasteiger partial charge in [0.2, 0.25) is 0 Å². The van der Waals surface area contributed by atoms with Gasteiger partial charge in [0.1, 0.15) is 11.0 Å². The third kappa shape index (κ3) is 3.39. The quantitative estimate of drug-likeness (QED) is 0.791. The Morgan fingerprint density at radius 3 is 3.04 bits per heavy atom. The number of nitrogens with one attached hydrogen (secondary N) is 1. The van der Waals surface area contributed by atoms with Gasteiger partial charge in [-0.15, -0.1) is 5.10 Å². The lowest BCUT2D eigenvalue weighted by Crippen LogP contribution is -2.26. The third-order valence-corrected chi connectivity index (χ3v) is 3.21. The van der Waals surface area contributed by atoms with Gasteiger partial charge >= 0.3 is 0 Å². The number of amides is 1. The maximum atomic E-state index is 11.9. The Morgan fingerprint density at radius 1 is 1.35 bits per heavy atom. The van der Waals surface area contributed by atoms with Crippen LogP contribution in [0.5, 0.6) is 0 Å². The molecule has 1 amide bonds. The number of rotatable bonds is 4. The number of hydrogen-bond donors (Lipinski definition) is 1. The summed E-state index contributed by atoms with van der Waals surface area (Å²) in [4.78, 5) is 18.4. The maximum absolute atomic E-state index is 11.9. The Hall–Kier alpha value is -3.11. The summed E-state index contributed by atoms with van der Waals surface area (Å²) in [6.45, 7) is -0.262. The molecule has 3 rings (SSSR count). The van der Waals surface area contributed by atoms with Gasteiger partial charge in [-0.05, 0) is 41.6 Å². The van der Waals surface area contributed by atoms with E-state index >= 15 is 0 Å². The molecule has 0 radical (unpaired) electrons. The standard InChI is InChI=1S/C15H10ClN5O2/c16-11-4-5-13-14(7-11)21(20-19-13)23-9-15(22)18-12-3-1-2-10(6-12)8-17/h1-7H,9H2,(H,18,22). The van der Waals surface area contributed by atoms with Crippen LogP contribution in [0.3, 0.4) is 0 Å². The number of fused-ring (bicyclic) bond motifs is 1. The van der Waals surface area contributed by atoms with E-state index in [1.807, 2.05) is 6.07 Å². The maximum Gasteiger partial charge on any atom is 0.265 e. The Kier molecular flexibility index (Phi) is 4.08. The van der Waals surface area contributed by atoms with E-state index in [2.05, 4.69) is 15.6 Å². The zero-order valence-corrected chi connectivity index (χ0v) is 12.5. The first-order valence-electron chi connectivity index (χ1n) is 6.60. The predicted molar refractivity (Wildman–Crippen MR) is 83.8 cm³/mol. The third-order valence-electron chi connectivity index (χ3n) is 2.97. The lowest BCUT2D eigenvalue weighted by molar-refractivity contribution is -0.121. The highest BCUT2D eigenvalue weighted by Gasteiger charge is 2.09. The molecule has 0 unspecified atom stereocenters. The predicted octanol–water partition coefficient (Wildman–Crippen LogP) is 2.02. The number of anilines is 1. The molecule has 0 aliphatic carbocycles. The number of hydrogen-bond acceptors (Lipinski definition) is 5. The molecule has 0 spiro atoms. The van der Waals surface area contributed by atoms with Crippen LogP contribution in [0.15, 0.2) is 42.5 Å². The van der Waals surface area contributed by atoms with E-state index in [4.69, 9.17) is 21.7 Å². The second-order valence-electron chi connectivity index (χ2n) is 4.61. The van der Waals surface area contributed by atoms with Crippen molar-refractivity contribution in [3.8, 4) is 6.07 Å². The van der Waals surface area contributed by atoms with Gasteiger partial charge in [-0.25, -0.2) is 0 Å². The minimum Gasteiger partial charge on any atom is -0.385 e. The first kappa shape index (κ1) is 14.8. The van der Waals surface area contributed by atoms with Crippen molar-refractivity contribution in [2.75, 3.05) is 11.9 Å². The lowest BCUT2D eigenvalue weighted by Gasteiger charge is -2.07. The van der Waals surface area contributed by atoms with Gasteiger partial charge in [0.05, 0.1) is 11.6 Å².